The number of hydrogen-bond acceptors (Lipinski definition) is 4. The van der Waals surface area contributed by atoms with Gasteiger partial charge in [-0.1, -0.05) is 30.3 Å². The summed E-state index contributed by atoms with van der Waals surface area (Å²) < 4.78 is 6.59. The lowest BCUT2D eigenvalue weighted by atomic mass is 10.2. The fraction of sp³-hybridized carbons (Fsp3) is 0. The molecule has 0 unspecified atom stereocenters. The van der Waals surface area contributed by atoms with Crippen molar-refractivity contribution in [3.63, 3.8) is 0 Å². The molecule has 2 aromatic heterocycles. The molecule has 6 nitrogen and oxygen atoms in total. The minimum Gasteiger partial charge on any atom is -0.493 e. The standard InChI is InChI=1S/C14H11N3O3/c18-13-9-17(14(19)16-13)15-8-11-6-7-12(20-11)10-4-2-1-3-5-10/h1-9,18H,(H,16,19). The summed E-state index contributed by atoms with van der Waals surface area (Å²) in [5, 5.41) is 13.0. The van der Waals surface area contributed by atoms with Gasteiger partial charge in [0.2, 0.25) is 5.88 Å². The third kappa shape index (κ3) is 2.39. The van der Waals surface area contributed by atoms with Gasteiger partial charge in [0, 0.05) is 5.56 Å². The Bertz CT molecular complexity index is 796. The molecule has 0 saturated heterocycles. The Balaban J connectivity index is 1.84. The monoisotopic (exact) mass is 269 g/mol. The molecule has 0 spiro atoms. The maximum absolute atomic E-state index is 11.3. The Morgan fingerprint density at radius 2 is 2.00 bits per heavy atom. The van der Waals surface area contributed by atoms with Crippen molar-refractivity contribution < 1.29 is 9.52 Å². The maximum Gasteiger partial charge on any atom is 0.349 e. The van der Waals surface area contributed by atoms with Gasteiger partial charge in [-0.15, -0.1) is 0 Å². The average Bonchev–Trinajstić information content (AvgIpc) is 3.04. The molecule has 2 heterocycles. The van der Waals surface area contributed by atoms with E-state index in [9.17, 15) is 4.79 Å². The van der Waals surface area contributed by atoms with Crippen molar-refractivity contribution >= 4 is 6.21 Å². The minimum atomic E-state index is -0.520. The van der Waals surface area contributed by atoms with Gasteiger partial charge in [0.25, 0.3) is 0 Å². The molecule has 100 valence electrons. The molecular formula is C14H11N3O3. The van der Waals surface area contributed by atoms with Gasteiger partial charge < -0.3 is 9.52 Å². The van der Waals surface area contributed by atoms with E-state index in [1.165, 1.54) is 12.4 Å². The summed E-state index contributed by atoms with van der Waals surface area (Å²) in [6.07, 6.45) is 2.58. The van der Waals surface area contributed by atoms with Gasteiger partial charge in [0.15, 0.2) is 0 Å². The highest BCUT2D eigenvalue weighted by atomic mass is 16.3. The van der Waals surface area contributed by atoms with Gasteiger partial charge in [0.05, 0.1) is 12.4 Å². The summed E-state index contributed by atoms with van der Waals surface area (Å²) >= 11 is 0. The first-order valence-electron chi connectivity index (χ1n) is 5.92. The molecule has 0 amide bonds. The van der Waals surface area contributed by atoms with Gasteiger partial charge in [-0.25, -0.2) is 4.79 Å². The third-order valence-corrected chi connectivity index (χ3v) is 2.68. The van der Waals surface area contributed by atoms with Gasteiger partial charge in [-0.3, -0.25) is 4.98 Å². The zero-order valence-corrected chi connectivity index (χ0v) is 10.4. The Morgan fingerprint density at radius 3 is 2.70 bits per heavy atom. The summed E-state index contributed by atoms with van der Waals surface area (Å²) in [6.45, 7) is 0. The van der Waals surface area contributed by atoms with Crippen molar-refractivity contribution in [2.75, 3.05) is 0 Å². The largest absolute Gasteiger partial charge is 0.493 e. The van der Waals surface area contributed by atoms with Crippen molar-refractivity contribution in [3.8, 4) is 17.2 Å². The van der Waals surface area contributed by atoms with E-state index in [2.05, 4.69) is 10.1 Å². The van der Waals surface area contributed by atoms with E-state index in [0.29, 0.717) is 5.76 Å². The fourth-order valence-electron chi connectivity index (χ4n) is 1.76. The van der Waals surface area contributed by atoms with Crippen LogP contribution in [0.4, 0.5) is 0 Å². The van der Waals surface area contributed by atoms with Crippen molar-refractivity contribution in [2.45, 2.75) is 0 Å². The van der Waals surface area contributed by atoms with Crippen LogP contribution in [0.15, 0.2) is 63.0 Å². The van der Waals surface area contributed by atoms with E-state index in [1.807, 2.05) is 36.4 Å². The molecule has 2 N–H and O–H groups in total. The zero-order chi connectivity index (χ0) is 13.9. The number of H-pyrrole nitrogens is 1. The smallest absolute Gasteiger partial charge is 0.349 e. The van der Waals surface area contributed by atoms with Gasteiger partial charge in [-0.05, 0) is 12.1 Å². The summed E-state index contributed by atoms with van der Waals surface area (Å²) in [5.74, 6) is 0.990. The first-order valence-corrected chi connectivity index (χ1v) is 5.92. The number of imidazole rings is 1. The van der Waals surface area contributed by atoms with Crippen molar-refractivity contribution in [3.05, 3.63) is 64.9 Å². The lowest BCUT2D eigenvalue weighted by Crippen LogP contribution is -2.11. The highest BCUT2D eigenvalue weighted by molar-refractivity contribution is 5.77. The van der Waals surface area contributed by atoms with Crippen LogP contribution in [-0.2, 0) is 0 Å². The molecule has 0 aliphatic rings. The SMILES string of the molecule is O=c1[nH]c(O)cn1N=Cc1ccc(-c2ccccc2)o1. The van der Waals surface area contributed by atoms with Crippen LogP contribution in [0.3, 0.4) is 0 Å². The van der Waals surface area contributed by atoms with E-state index >= 15 is 0 Å². The number of rotatable bonds is 3. The molecule has 3 aromatic rings. The van der Waals surface area contributed by atoms with E-state index in [0.717, 1.165) is 16.0 Å². The van der Waals surface area contributed by atoms with Crippen LogP contribution in [0.2, 0.25) is 0 Å². The van der Waals surface area contributed by atoms with Gasteiger partial charge in [0.1, 0.15) is 11.5 Å². The number of benzene rings is 1. The van der Waals surface area contributed by atoms with E-state index in [4.69, 9.17) is 9.52 Å². The summed E-state index contributed by atoms with van der Waals surface area (Å²) in [7, 11) is 0. The fourth-order valence-corrected chi connectivity index (χ4v) is 1.76. The highest BCUT2D eigenvalue weighted by Gasteiger charge is 2.03. The molecule has 1 aromatic carbocycles. The van der Waals surface area contributed by atoms with E-state index in [-0.39, 0.29) is 5.88 Å². The Hall–Kier alpha value is -3.02. The molecule has 20 heavy (non-hydrogen) atoms. The van der Waals surface area contributed by atoms with Crippen LogP contribution in [-0.4, -0.2) is 21.0 Å². The molecule has 0 fully saturated rings. The van der Waals surface area contributed by atoms with Crippen molar-refractivity contribution in [1.82, 2.24) is 9.66 Å². The molecule has 3 rings (SSSR count). The van der Waals surface area contributed by atoms with Gasteiger partial charge >= 0.3 is 5.69 Å². The molecule has 0 bridgehead atoms. The molecule has 0 aliphatic heterocycles. The summed E-state index contributed by atoms with van der Waals surface area (Å²) in [4.78, 5) is 13.5. The second-order valence-corrected chi connectivity index (χ2v) is 4.10. The average molecular weight is 269 g/mol. The first kappa shape index (κ1) is 12.0. The summed E-state index contributed by atoms with van der Waals surface area (Å²) in [5.41, 5.74) is 0.442. The van der Waals surface area contributed by atoms with Crippen molar-refractivity contribution in [1.29, 1.82) is 0 Å². The number of furan rings is 1. The first-order chi connectivity index (χ1) is 9.72. The van der Waals surface area contributed by atoms with E-state index < -0.39 is 5.69 Å². The van der Waals surface area contributed by atoms with Crippen LogP contribution in [0.25, 0.3) is 11.3 Å². The van der Waals surface area contributed by atoms with Crippen LogP contribution < -0.4 is 5.69 Å². The molecule has 0 saturated carbocycles. The number of aromatic hydroxyl groups is 1. The molecule has 0 atom stereocenters. The van der Waals surface area contributed by atoms with Crippen LogP contribution in [0.1, 0.15) is 5.76 Å². The second kappa shape index (κ2) is 4.93. The highest BCUT2D eigenvalue weighted by Crippen LogP contribution is 2.20. The molecule has 0 radical (unpaired) electrons. The predicted octanol–water partition coefficient (Wildman–Crippen LogP) is 2.02. The van der Waals surface area contributed by atoms with E-state index in [1.54, 1.807) is 6.07 Å². The van der Waals surface area contributed by atoms with Crippen LogP contribution in [0.5, 0.6) is 5.88 Å². The maximum atomic E-state index is 11.3. The number of nitrogens with zero attached hydrogens (tertiary/aromatic N) is 2. The second-order valence-electron chi connectivity index (χ2n) is 4.10. The lowest BCUT2D eigenvalue weighted by molar-refractivity contribution is 0.455. The molecule has 0 aliphatic carbocycles. The van der Waals surface area contributed by atoms with Crippen LogP contribution >= 0.6 is 0 Å². The summed E-state index contributed by atoms with van der Waals surface area (Å²) in [6, 6.07) is 13.2. The predicted molar refractivity (Wildman–Crippen MR) is 73.9 cm³/mol. The number of nitrogens with one attached hydrogen (secondary N) is 1. The minimum absolute atomic E-state index is 0.239. The number of aromatic amines is 1. The number of hydrogen-bond donors (Lipinski definition) is 2. The Morgan fingerprint density at radius 1 is 1.20 bits per heavy atom. The molecular weight excluding hydrogens is 258 g/mol. The van der Waals surface area contributed by atoms with Crippen LogP contribution in [0, 0.1) is 0 Å². The quantitative estimate of drug-likeness (QED) is 0.713. The normalized spacial score (nSPS) is 11.2. The zero-order valence-electron chi connectivity index (χ0n) is 10.4. The molecule has 6 heteroatoms. The number of aromatic nitrogens is 2. The Kier molecular flexibility index (Phi) is 2.96. The lowest BCUT2D eigenvalue weighted by Gasteiger charge is -1.94. The topological polar surface area (TPSA) is 83.5 Å². The van der Waals surface area contributed by atoms with Gasteiger partial charge in [-0.2, -0.15) is 9.78 Å². The Labute approximate surface area is 113 Å². The third-order valence-electron chi connectivity index (χ3n) is 2.68. The van der Waals surface area contributed by atoms with Crippen molar-refractivity contribution in [2.24, 2.45) is 5.10 Å².